The Morgan fingerprint density at radius 2 is 2.31 bits per heavy atom. The maximum absolute atomic E-state index is 11.5. The molecule has 0 spiro atoms. The van der Waals surface area contributed by atoms with Gasteiger partial charge in [-0.1, -0.05) is 0 Å². The van der Waals surface area contributed by atoms with Crippen LogP contribution in [0.1, 0.15) is 0 Å². The van der Waals surface area contributed by atoms with E-state index in [-0.39, 0.29) is 10.5 Å². The van der Waals surface area contributed by atoms with Gasteiger partial charge in [-0.15, -0.1) is 34.9 Å². The minimum atomic E-state index is 0.0592. The summed E-state index contributed by atoms with van der Waals surface area (Å²) in [5.41, 5.74) is 0. The van der Waals surface area contributed by atoms with Crippen LogP contribution in [-0.4, -0.2) is 27.0 Å². The van der Waals surface area contributed by atoms with Crippen molar-refractivity contribution in [3.63, 3.8) is 0 Å². The van der Waals surface area contributed by atoms with E-state index in [0.29, 0.717) is 5.13 Å². The molecule has 0 atom stereocenters. The van der Waals surface area contributed by atoms with E-state index in [4.69, 9.17) is 0 Å². The molecule has 1 aromatic rings. The third kappa shape index (κ3) is 2.38. The van der Waals surface area contributed by atoms with Gasteiger partial charge in [0.1, 0.15) is 4.58 Å². The molecule has 1 N–H and O–H groups in total. The predicted octanol–water partition coefficient (Wildman–Crippen LogP) is 1.89. The van der Waals surface area contributed by atoms with Gasteiger partial charge < -0.3 is 5.32 Å². The molecule has 0 aromatic carbocycles. The molecule has 0 aliphatic carbocycles. The maximum Gasteiger partial charge on any atom is 0.249 e. The molecule has 1 saturated heterocycles. The zero-order valence-corrected chi connectivity index (χ0v) is 9.18. The topological polar surface area (TPSA) is 42.0 Å². The molecule has 13 heavy (non-hydrogen) atoms. The molecule has 0 saturated carbocycles. The number of nitrogens with zero attached hydrogens (tertiary/aromatic N) is 1. The zero-order valence-electron chi connectivity index (χ0n) is 6.73. The van der Waals surface area contributed by atoms with Crippen molar-refractivity contribution in [1.82, 2.24) is 4.98 Å². The number of thiazole rings is 1. The molecule has 2 rings (SSSR count). The van der Waals surface area contributed by atoms with Crippen LogP contribution in [0.5, 0.6) is 0 Å². The molecule has 0 radical (unpaired) electrons. The first-order chi connectivity index (χ1) is 6.36. The fourth-order valence-corrected chi connectivity index (χ4v) is 4.07. The van der Waals surface area contributed by atoms with E-state index in [1.54, 1.807) is 29.7 Å². The van der Waals surface area contributed by atoms with Crippen LogP contribution in [0.4, 0.5) is 5.13 Å². The number of hydrogen-bond donors (Lipinski definition) is 1. The van der Waals surface area contributed by atoms with Crippen LogP contribution in [-0.2, 0) is 4.79 Å². The lowest BCUT2D eigenvalue weighted by atomic mass is 10.7. The Labute approximate surface area is 88.7 Å². The Balaban J connectivity index is 1.91. The van der Waals surface area contributed by atoms with Crippen molar-refractivity contribution in [3.05, 3.63) is 11.6 Å². The Kier molecular flexibility index (Phi) is 3.13. The van der Waals surface area contributed by atoms with Crippen molar-refractivity contribution in [1.29, 1.82) is 0 Å². The summed E-state index contributed by atoms with van der Waals surface area (Å²) in [6.07, 6.45) is 1.69. The van der Waals surface area contributed by atoms with Crippen LogP contribution in [0.2, 0.25) is 0 Å². The van der Waals surface area contributed by atoms with Gasteiger partial charge in [-0.25, -0.2) is 4.98 Å². The fourth-order valence-electron chi connectivity index (χ4n) is 0.959. The number of amides is 1. The summed E-state index contributed by atoms with van der Waals surface area (Å²) in [5, 5.41) is 5.34. The van der Waals surface area contributed by atoms with Crippen molar-refractivity contribution >= 4 is 45.9 Å². The summed E-state index contributed by atoms with van der Waals surface area (Å²) in [4.78, 5) is 15.5. The molecular weight excluding hydrogens is 224 g/mol. The quantitative estimate of drug-likeness (QED) is 0.845. The van der Waals surface area contributed by atoms with Gasteiger partial charge in [0.15, 0.2) is 5.13 Å². The van der Waals surface area contributed by atoms with Crippen LogP contribution in [0.3, 0.4) is 0 Å². The van der Waals surface area contributed by atoms with E-state index in [0.717, 1.165) is 11.5 Å². The molecule has 0 unspecified atom stereocenters. The third-order valence-corrected chi connectivity index (χ3v) is 5.18. The molecule has 0 bridgehead atoms. The number of rotatable bonds is 2. The van der Waals surface area contributed by atoms with Crippen LogP contribution < -0.4 is 5.32 Å². The first-order valence-corrected chi connectivity index (χ1v) is 6.77. The number of aromatic nitrogens is 1. The third-order valence-electron chi connectivity index (χ3n) is 1.50. The van der Waals surface area contributed by atoms with Gasteiger partial charge in [0.05, 0.1) is 0 Å². The van der Waals surface area contributed by atoms with E-state index in [2.05, 4.69) is 10.3 Å². The lowest BCUT2D eigenvalue weighted by Crippen LogP contribution is -2.20. The highest BCUT2D eigenvalue weighted by Gasteiger charge is 2.24. The molecule has 70 valence electrons. The van der Waals surface area contributed by atoms with Gasteiger partial charge in [0.25, 0.3) is 0 Å². The summed E-state index contributed by atoms with van der Waals surface area (Å²) in [6, 6.07) is 0. The Morgan fingerprint density at radius 3 is 2.92 bits per heavy atom. The second-order valence-electron chi connectivity index (χ2n) is 2.40. The van der Waals surface area contributed by atoms with Gasteiger partial charge in [-0.3, -0.25) is 4.79 Å². The first kappa shape index (κ1) is 9.36. The number of thioether (sulfide) groups is 2. The number of carbonyl (C=O) groups is 1. The molecular formula is C7H8N2OS3. The largest absolute Gasteiger partial charge is 0.300 e. The summed E-state index contributed by atoms with van der Waals surface area (Å²) in [6.45, 7) is 0. The van der Waals surface area contributed by atoms with E-state index in [9.17, 15) is 4.79 Å². The van der Waals surface area contributed by atoms with Crippen molar-refractivity contribution in [2.45, 2.75) is 4.58 Å². The van der Waals surface area contributed by atoms with Crippen LogP contribution in [0.25, 0.3) is 0 Å². The van der Waals surface area contributed by atoms with E-state index < -0.39 is 0 Å². The van der Waals surface area contributed by atoms with Crippen LogP contribution in [0, 0.1) is 0 Å². The lowest BCUT2D eigenvalue weighted by molar-refractivity contribution is -0.114. The van der Waals surface area contributed by atoms with Crippen LogP contribution >= 0.6 is 34.9 Å². The molecule has 3 nitrogen and oxygen atoms in total. The maximum atomic E-state index is 11.5. The highest BCUT2D eigenvalue weighted by molar-refractivity contribution is 8.21. The van der Waals surface area contributed by atoms with Gasteiger partial charge in [0, 0.05) is 23.1 Å². The van der Waals surface area contributed by atoms with Gasteiger partial charge in [-0.2, -0.15) is 0 Å². The fraction of sp³-hybridized carbons (Fsp3) is 0.429. The predicted molar refractivity (Wildman–Crippen MR) is 59.4 cm³/mol. The first-order valence-electron chi connectivity index (χ1n) is 3.80. The van der Waals surface area contributed by atoms with Gasteiger partial charge in [0.2, 0.25) is 5.91 Å². The smallest absolute Gasteiger partial charge is 0.249 e. The minimum Gasteiger partial charge on any atom is -0.300 e. The molecule has 1 aliphatic rings. The second kappa shape index (κ2) is 4.34. The number of nitrogens with one attached hydrogen (secondary N) is 1. The molecule has 2 heterocycles. The number of anilines is 1. The van der Waals surface area contributed by atoms with E-state index >= 15 is 0 Å². The monoisotopic (exact) mass is 232 g/mol. The normalized spacial score (nSPS) is 17.5. The average Bonchev–Trinajstić information content (AvgIpc) is 2.74. The summed E-state index contributed by atoms with van der Waals surface area (Å²) in [7, 11) is 0. The Hall–Kier alpha value is -0.200. The minimum absolute atomic E-state index is 0.0592. The number of hydrogen-bond acceptors (Lipinski definition) is 5. The standard InChI is InChI=1S/C7H8N2OS3/c10-5(6-11-3-4-12-6)9-7-8-1-2-13-7/h1-2,6H,3-4H2,(H,8,9,10). The summed E-state index contributed by atoms with van der Waals surface area (Å²) >= 11 is 4.85. The van der Waals surface area contributed by atoms with Crippen molar-refractivity contribution in [2.24, 2.45) is 0 Å². The molecule has 1 aliphatic heterocycles. The van der Waals surface area contributed by atoms with Gasteiger partial charge >= 0.3 is 0 Å². The second-order valence-corrected chi connectivity index (χ2v) is 6.02. The SMILES string of the molecule is O=C(Nc1nccs1)C1SCCS1. The number of carbonyl (C=O) groups excluding carboxylic acids is 1. The summed E-state index contributed by atoms with van der Waals surface area (Å²) in [5.74, 6) is 2.21. The van der Waals surface area contributed by atoms with Crippen molar-refractivity contribution in [3.8, 4) is 0 Å². The molecule has 1 amide bonds. The average molecular weight is 232 g/mol. The van der Waals surface area contributed by atoms with Gasteiger partial charge in [-0.05, 0) is 0 Å². The van der Waals surface area contributed by atoms with Crippen LogP contribution in [0.15, 0.2) is 11.6 Å². The van der Waals surface area contributed by atoms with E-state index in [1.807, 2.05) is 5.38 Å². The van der Waals surface area contributed by atoms with Crippen molar-refractivity contribution in [2.75, 3.05) is 16.8 Å². The zero-order chi connectivity index (χ0) is 9.10. The highest BCUT2D eigenvalue weighted by atomic mass is 32.2. The molecule has 1 aromatic heterocycles. The van der Waals surface area contributed by atoms with Crippen molar-refractivity contribution < 1.29 is 4.79 Å². The lowest BCUT2D eigenvalue weighted by Gasteiger charge is -2.05. The summed E-state index contributed by atoms with van der Waals surface area (Å²) < 4.78 is 0.0592. The highest BCUT2D eigenvalue weighted by Crippen LogP contribution is 2.32. The van der Waals surface area contributed by atoms with E-state index in [1.165, 1.54) is 11.3 Å². The molecule has 6 heteroatoms. The molecule has 1 fully saturated rings. The Bertz CT molecular complexity index is 282. The Morgan fingerprint density at radius 1 is 1.54 bits per heavy atom.